The molecule has 63 heavy (non-hydrogen) atoms. The average Bonchev–Trinajstić information content (AvgIpc) is 3.25. The van der Waals surface area contributed by atoms with Gasteiger partial charge in [-0.05, 0) is 51.1 Å². The third kappa shape index (κ3) is 8.88. The van der Waals surface area contributed by atoms with Crippen LogP contribution in [0.4, 0.5) is 0 Å². The highest BCUT2D eigenvalue weighted by Gasteiger charge is 2.52. The summed E-state index contributed by atoms with van der Waals surface area (Å²) in [5, 5.41) is 148. The summed E-state index contributed by atoms with van der Waals surface area (Å²) in [5.41, 5.74) is -1.95. The number of ether oxygens (including phenoxy) is 8. The summed E-state index contributed by atoms with van der Waals surface area (Å²) in [6.07, 6.45) is -33.8. The van der Waals surface area contributed by atoms with Crippen molar-refractivity contribution in [1.82, 2.24) is 0 Å². The van der Waals surface area contributed by atoms with Crippen molar-refractivity contribution >= 4 is 11.0 Å². The van der Waals surface area contributed by atoms with Crippen LogP contribution in [0.1, 0.15) is 20.8 Å². The molecule has 0 aliphatic carbocycles. The van der Waals surface area contributed by atoms with Crippen molar-refractivity contribution in [1.29, 1.82) is 0 Å². The first-order valence-corrected chi connectivity index (χ1v) is 19.8. The number of hydrogen-bond acceptors (Lipinski definition) is 24. The molecule has 350 valence electrons. The van der Waals surface area contributed by atoms with Crippen LogP contribution >= 0.6 is 0 Å². The monoisotopic (exact) mass is 902 g/mol. The zero-order valence-corrected chi connectivity index (χ0v) is 33.5. The molecule has 0 bridgehead atoms. The van der Waals surface area contributed by atoms with E-state index in [4.69, 9.17) is 42.3 Å². The molecular formula is C39H50O24. The van der Waals surface area contributed by atoms with Crippen molar-refractivity contribution in [2.24, 2.45) is 0 Å². The number of rotatable bonds is 10. The molecule has 2 aromatic carbocycles. The fraction of sp³-hybridized carbons (Fsp3) is 0.615. The van der Waals surface area contributed by atoms with E-state index in [1.807, 2.05) is 0 Å². The Labute approximate surface area is 355 Å². The molecule has 4 aliphatic heterocycles. The summed E-state index contributed by atoms with van der Waals surface area (Å²) in [7, 11) is 0. The van der Waals surface area contributed by atoms with Gasteiger partial charge in [0.05, 0.1) is 24.9 Å². The number of aliphatic hydroxyl groups excluding tert-OH is 11. The first kappa shape index (κ1) is 46.9. The third-order valence-electron chi connectivity index (χ3n) is 11.4. The lowest BCUT2D eigenvalue weighted by Gasteiger charge is -2.46. The van der Waals surface area contributed by atoms with Crippen LogP contribution in [0.5, 0.6) is 28.7 Å². The van der Waals surface area contributed by atoms with Gasteiger partial charge in [-0.15, -0.1) is 0 Å². The molecular weight excluding hydrogens is 852 g/mol. The van der Waals surface area contributed by atoms with Gasteiger partial charge in [-0.3, -0.25) is 4.79 Å². The Balaban J connectivity index is 1.31. The minimum atomic E-state index is -2.11. The van der Waals surface area contributed by atoms with E-state index in [-0.39, 0.29) is 11.3 Å². The van der Waals surface area contributed by atoms with E-state index in [2.05, 4.69) is 0 Å². The zero-order chi connectivity index (χ0) is 45.9. The normalized spacial score (nSPS) is 41.0. The Bertz CT molecular complexity index is 2130. The van der Waals surface area contributed by atoms with E-state index in [9.17, 15) is 76.3 Å². The molecule has 24 nitrogen and oxygen atoms in total. The highest BCUT2D eigenvalue weighted by molar-refractivity contribution is 5.91. The van der Waals surface area contributed by atoms with E-state index < -0.39 is 175 Å². The van der Waals surface area contributed by atoms with Crippen molar-refractivity contribution in [2.45, 2.75) is 144 Å². The van der Waals surface area contributed by atoms with Crippen LogP contribution in [-0.2, 0) is 28.4 Å². The molecule has 0 unspecified atom stereocenters. The predicted molar refractivity (Wildman–Crippen MR) is 203 cm³/mol. The lowest BCUT2D eigenvalue weighted by Crippen LogP contribution is -2.65. The molecule has 0 amide bonds. The molecule has 24 heteroatoms. The van der Waals surface area contributed by atoms with Crippen LogP contribution in [0.3, 0.4) is 0 Å². The first-order chi connectivity index (χ1) is 29.7. The number of aliphatic hydroxyl groups is 11. The van der Waals surface area contributed by atoms with Gasteiger partial charge < -0.3 is 114 Å². The standard InChI is InChI=1S/C39H50O24/c1-10-20(43)25(48)29(52)36(56-10)55-9-18-23(46)28(51)35(63-38-31(54)27(50)22(45)12(3)58-38)39(60-18)62-34-24(47)19-15(41)6-7-17(59-37-30(53)26(49)21(44)11(2)57-37)33(19)61-32(34)13-4-5-14(40)16(42)8-13/h4-8,10-12,18,20-23,25-31,35-46,48-54H,9H2,1-3H3/t10-,11-,12-,18+,20-,21-,22-,23-,25+,26+,27+,28-,29+,30+,31+,35+,36-,37-,38-,39-/m0/s1. The molecule has 0 radical (unpaired) electrons. The van der Waals surface area contributed by atoms with Gasteiger partial charge in [0.1, 0.15) is 84.4 Å². The maximum Gasteiger partial charge on any atom is 0.239 e. The van der Waals surface area contributed by atoms with E-state index in [0.29, 0.717) is 0 Å². The van der Waals surface area contributed by atoms with Crippen LogP contribution in [-0.4, -0.2) is 201 Å². The summed E-state index contributed by atoms with van der Waals surface area (Å²) in [4.78, 5) is 14.7. The molecule has 3 aromatic rings. The minimum Gasteiger partial charge on any atom is -0.507 e. The first-order valence-electron chi connectivity index (χ1n) is 19.8. The molecule has 5 heterocycles. The van der Waals surface area contributed by atoms with Crippen molar-refractivity contribution in [2.75, 3.05) is 6.61 Å². The Morgan fingerprint density at radius 1 is 0.540 bits per heavy atom. The molecule has 0 saturated carbocycles. The van der Waals surface area contributed by atoms with Gasteiger partial charge in [0.15, 0.2) is 47.3 Å². The van der Waals surface area contributed by atoms with Crippen molar-refractivity contribution in [3.8, 4) is 40.1 Å². The van der Waals surface area contributed by atoms with Crippen molar-refractivity contribution < 1.29 is 114 Å². The van der Waals surface area contributed by atoms with Gasteiger partial charge in [-0.25, -0.2) is 0 Å². The Kier molecular flexibility index (Phi) is 13.8. The molecule has 14 N–H and O–H groups in total. The van der Waals surface area contributed by atoms with Gasteiger partial charge in [0, 0.05) is 5.56 Å². The summed E-state index contributed by atoms with van der Waals surface area (Å²) < 4.78 is 52.1. The summed E-state index contributed by atoms with van der Waals surface area (Å²) in [5.74, 6) is -3.91. The fourth-order valence-electron chi connectivity index (χ4n) is 7.55. The second-order valence-corrected chi connectivity index (χ2v) is 15.8. The molecule has 4 aliphatic rings. The molecule has 4 fully saturated rings. The average molecular weight is 903 g/mol. The molecule has 7 rings (SSSR count). The van der Waals surface area contributed by atoms with Gasteiger partial charge in [-0.1, -0.05) is 0 Å². The fourth-order valence-corrected chi connectivity index (χ4v) is 7.55. The van der Waals surface area contributed by atoms with Crippen LogP contribution in [0.25, 0.3) is 22.3 Å². The van der Waals surface area contributed by atoms with Crippen molar-refractivity contribution in [3.05, 3.63) is 40.6 Å². The topological polar surface area (TPSA) is 387 Å². The molecule has 1 aromatic heterocycles. The number of aromatic hydroxyl groups is 3. The third-order valence-corrected chi connectivity index (χ3v) is 11.4. The zero-order valence-electron chi connectivity index (χ0n) is 33.5. The number of benzene rings is 2. The van der Waals surface area contributed by atoms with Gasteiger partial charge in [0.2, 0.25) is 23.8 Å². The lowest BCUT2D eigenvalue weighted by molar-refractivity contribution is -0.360. The molecule has 20 atom stereocenters. The summed E-state index contributed by atoms with van der Waals surface area (Å²) in [6.45, 7) is 3.35. The molecule has 0 spiro atoms. The van der Waals surface area contributed by atoms with Gasteiger partial charge in [0.25, 0.3) is 0 Å². The van der Waals surface area contributed by atoms with E-state index >= 15 is 0 Å². The Morgan fingerprint density at radius 3 is 1.68 bits per heavy atom. The highest BCUT2D eigenvalue weighted by atomic mass is 16.8. The van der Waals surface area contributed by atoms with Crippen molar-refractivity contribution in [3.63, 3.8) is 0 Å². The molecule has 4 saturated heterocycles. The number of hydrogen-bond donors (Lipinski definition) is 14. The number of phenolic OH excluding ortho intramolecular Hbond substituents is 3. The van der Waals surface area contributed by atoms with Crippen LogP contribution in [0.2, 0.25) is 0 Å². The summed E-state index contributed by atoms with van der Waals surface area (Å²) >= 11 is 0. The SMILES string of the molecule is C[C@@H]1O[C@@H](Oc2ccc(O)c3c(=O)c(O[C@@H]4O[C@H](CO[C@H]5O[C@@H](C)[C@H](O)[C@@H](O)[C@H]5O)[C@H](O)[C@H](O)[C@H]4O[C@@H]4O[C@@H](C)[C@H](O)[C@@H](O)[C@H]4O)c(-c4ccc(O)c(O)c4)oc23)[C@H](O)[C@H](O)[C@H]1O. The van der Waals surface area contributed by atoms with Crippen LogP contribution < -0.4 is 14.9 Å². The van der Waals surface area contributed by atoms with E-state index in [1.165, 1.54) is 20.8 Å². The quantitative estimate of drug-likeness (QED) is 0.0855. The second-order valence-electron chi connectivity index (χ2n) is 15.8. The predicted octanol–water partition coefficient (Wildman–Crippen LogP) is -4.33. The van der Waals surface area contributed by atoms with Gasteiger partial charge >= 0.3 is 0 Å². The van der Waals surface area contributed by atoms with E-state index in [0.717, 1.165) is 30.3 Å². The maximum atomic E-state index is 14.7. The Hall–Kier alpha value is -4.03. The smallest absolute Gasteiger partial charge is 0.239 e. The largest absolute Gasteiger partial charge is 0.507 e. The lowest BCUT2D eigenvalue weighted by atomic mass is 9.97. The minimum absolute atomic E-state index is 0.196. The highest BCUT2D eigenvalue weighted by Crippen LogP contribution is 2.42. The van der Waals surface area contributed by atoms with Crippen LogP contribution in [0.15, 0.2) is 39.5 Å². The van der Waals surface area contributed by atoms with E-state index in [1.54, 1.807) is 0 Å². The Morgan fingerprint density at radius 2 is 1.08 bits per heavy atom. The van der Waals surface area contributed by atoms with Crippen LogP contribution in [0, 0.1) is 0 Å². The van der Waals surface area contributed by atoms with Gasteiger partial charge in [-0.2, -0.15) is 0 Å². The summed E-state index contributed by atoms with van der Waals surface area (Å²) in [6, 6.07) is 5.22. The number of phenols is 3. The number of fused-ring (bicyclic) bond motifs is 1. The second kappa shape index (κ2) is 18.5. The maximum absolute atomic E-state index is 14.7.